The molecule has 8 bridgehead atoms. The van der Waals surface area contributed by atoms with Crippen LogP contribution >= 0.6 is 0 Å². The lowest BCUT2D eigenvalue weighted by molar-refractivity contribution is 0.0161. The number of rotatable bonds is 3. The Labute approximate surface area is 214 Å². The maximum Gasteiger partial charge on any atom is 0.109 e. The van der Waals surface area contributed by atoms with E-state index < -0.39 is 12.2 Å². The molecule has 2 N–H and O–H groups in total. The Morgan fingerprint density at radius 3 is 1.00 bits per heavy atom. The number of benzene rings is 4. The molecule has 0 aliphatic heterocycles. The lowest BCUT2D eigenvalue weighted by atomic mass is 9.85. The molecule has 182 valence electrons. The summed E-state index contributed by atoms with van der Waals surface area (Å²) >= 11 is 0. The van der Waals surface area contributed by atoms with Gasteiger partial charge < -0.3 is 10.2 Å². The van der Waals surface area contributed by atoms with Gasteiger partial charge in [-0.3, -0.25) is 0 Å². The van der Waals surface area contributed by atoms with Gasteiger partial charge in [0.1, 0.15) is 12.2 Å². The summed E-state index contributed by atoms with van der Waals surface area (Å²) in [6, 6.07) is 30.9. The molecule has 0 fully saturated rings. The molecule has 8 aliphatic carbocycles. The molecule has 2 nitrogen and oxygen atoms in total. The summed E-state index contributed by atoms with van der Waals surface area (Å²) in [5.41, 5.74) is 11.7. The zero-order chi connectivity index (χ0) is 24.5. The van der Waals surface area contributed by atoms with Gasteiger partial charge in [0.2, 0.25) is 0 Å². The van der Waals surface area contributed by atoms with Crippen LogP contribution in [-0.2, 0) is 51.4 Å². The van der Waals surface area contributed by atoms with Crippen molar-refractivity contribution in [1.29, 1.82) is 0 Å². The Morgan fingerprint density at radius 2 is 0.639 bits per heavy atom. The van der Waals surface area contributed by atoms with E-state index in [9.17, 15) is 10.2 Å². The second-order valence-electron chi connectivity index (χ2n) is 10.6. The summed E-state index contributed by atoms with van der Waals surface area (Å²) in [5, 5.41) is 23.3. The second-order valence-corrected chi connectivity index (χ2v) is 10.6. The van der Waals surface area contributed by atoms with E-state index in [1.165, 1.54) is 33.4 Å². The Hall–Kier alpha value is -3.20. The predicted molar refractivity (Wildman–Crippen MR) is 145 cm³/mol. The van der Waals surface area contributed by atoms with Crippen LogP contribution in [0.3, 0.4) is 0 Å². The second kappa shape index (κ2) is 10.0. The van der Waals surface area contributed by atoms with Crippen molar-refractivity contribution in [2.24, 2.45) is 0 Å². The molecule has 2 heteroatoms. The molecule has 0 saturated carbocycles. The van der Waals surface area contributed by atoms with Gasteiger partial charge in [0.15, 0.2) is 0 Å². The maximum absolute atomic E-state index is 11.6. The van der Waals surface area contributed by atoms with E-state index in [1.54, 1.807) is 0 Å². The summed E-state index contributed by atoms with van der Waals surface area (Å²) in [5.74, 6) is 0. The van der Waals surface area contributed by atoms with E-state index in [1.807, 2.05) is 0 Å². The first-order valence-corrected chi connectivity index (χ1v) is 13.4. The predicted octanol–water partition coefficient (Wildman–Crippen LogP) is 6.22. The number of aryl methyl sites for hydroxylation is 8. The topological polar surface area (TPSA) is 40.5 Å². The van der Waals surface area contributed by atoms with E-state index in [0.717, 1.165) is 73.6 Å². The zero-order valence-electron chi connectivity index (χ0n) is 20.8. The van der Waals surface area contributed by atoms with Crippen molar-refractivity contribution < 1.29 is 10.2 Å². The number of hydrogen-bond acceptors (Lipinski definition) is 2. The van der Waals surface area contributed by atoms with Gasteiger partial charge in [-0.25, -0.2) is 0 Å². The van der Waals surface area contributed by atoms with Crippen LogP contribution in [0.2, 0.25) is 0 Å². The molecule has 0 spiro atoms. The normalized spacial score (nSPS) is 16.6. The van der Waals surface area contributed by atoms with Crippen molar-refractivity contribution in [2.75, 3.05) is 0 Å². The Morgan fingerprint density at radius 1 is 0.361 bits per heavy atom. The van der Waals surface area contributed by atoms with Gasteiger partial charge in [0.05, 0.1) is 0 Å². The van der Waals surface area contributed by atoms with E-state index in [0.29, 0.717) is 0 Å². The largest absolute Gasteiger partial charge is 0.385 e. The van der Waals surface area contributed by atoms with E-state index >= 15 is 0 Å². The quantitative estimate of drug-likeness (QED) is 0.370. The van der Waals surface area contributed by atoms with Crippen molar-refractivity contribution in [3.8, 4) is 0 Å². The minimum atomic E-state index is -0.955. The lowest BCUT2D eigenvalue weighted by Crippen LogP contribution is -2.16. The fraction of sp³-hybridized carbons (Fsp3) is 0.294. The van der Waals surface area contributed by atoms with E-state index in [4.69, 9.17) is 0 Å². The minimum Gasteiger partial charge on any atom is -0.385 e. The highest BCUT2D eigenvalue weighted by Gasteiger charge is 2.26. The molecule has 0 saturated heterocycles. The molecule has 2 atom stereocenters. The maximum atomic E-state index is 11.6. The standard InChI is InChI=1S/C34H34O2/c35-33(31-21-27-11-9-23-1-5-25(6-2-23)13-17-29(31)19-15-27)34(36)32-22-28-12-10-24-3-7-26(8-4-24)14-18-30(32)20-16-28/h1-8,15-16,19-22,33-36H,9-14,17-18H2/t33-,34-/m0/s1. The molecule has 12 rings (SSSR count). The first kappa shape index (κ1) is 23.2. The molecular weight excluding hydrogens is 440 g/mol. The summed E-state index contributed by atoms with van der Waals surface area (Å²) in [7, 11) is 0. The molecular formula is C34H34O2. The first-order valence-electron chi connectivity index (χ1n) is 13.4. The first-order chi connectivity index (χ1) is 17.6. The van der Waals surface area contributed by atoms with Gasteiger partial charge in [-0.15, -0.1) is 0 Å². The van der Waals surface area contributed by atoms with Crippen molar-refractivity contribution in [2.45, 2.75) is 63.6 Å². The summed E-state index contributed by atoms with van der Waals surface area (Å²) in [6.07, 6.45) is 5.44. The molecule has 4 aromatic rings. The van der Waals surface area contributed by atoms with Crippen LogP contribution in [0.1, 0.15) is 67.8 Å². The number of hydrogen-bond donors (Lipinski definition) is 2. The van der Waals surface area contributed by atoms with Gasteiger partial charge >= 0.3 is 0 Å². The third-order valence-electron chi connectivity index (χ3n) is 8.17. The Bertz CT molecular complexity index is 1240. The van der Waals surface area contributed by atoms with Crippen LogP contribution in [-0.4, -0.2) is 10.2 Å². The van der Waals surface area contributed by atoms with Gasteiger partial charge in [-0.1, -0.05) is 84.9 Å². The van der Waals surface area contributed by atoms with Crippen LogP contribution in [0, 0.1) is 0 Å². The van der Waals surface area contributed by atoms with Crippen molar-refractivity contribution >= 4 is 0 Å². The van der Waals surface area contributed by atoms with Crippen LogP contribution < -0.4 is 0 Å². The Balaban J connectivity index is 1.33. The average Bonchev–Trinajstić information content (AvgIpc) is 2.91. The molecule has 36 heavy (non-hydrogen) atoms. The molecule has 4 aromatic carbocycles. The monoisotopic (exact) mass is 474 g/mol. The van der Waals surface area contributed by atoms with E-state index in [-0.39, 0.29) is 0 Å². The summed E-state index contributed by atoms with van der Waals surface area (Å²) in [4.78, 5) is 0. The highest BCUT2D eigenvalue weighted by Crippen LogP contribution is 2.35. The van der Waals surface area contributed by atoms with Gasteiger partial charge in [-0.05, 0) is 107 Å². The molecule has 8 aliphatic rings. The lowest BCUT2D eigenvalue weighted by Gasteiger charge is -2.25. The fourth-order valence-electron chi connectivity index (χ4n) is 5.83. The van der Waals surface area contributed by atoms with Gasteiger partial charge in [0, 0.05) is 0 Å². The molecule has 0 aromatic heterocycles. The van der Waals surface area contributed by atoms with Gasteiger partial charge in [0.25, 0.3) is 0 Å². The van der Waals surface area contributed by atoms with Crippen molar-refractivity contribution in [1.82, 2.24) is 0 Å². The zero-order valence-corrected chi connectivity index (χ0v) is 20.8. The number of aliphatic hydroxyl groups is 2. The third kappa shape index (κ3) is 4.89. The fourth-order valence-corrected chi connectivity index (χ4v) is 5.83. The molecule has 0 heterocycles. The smallest absolute Gasteiger partial charge is 0.109 e. The summed E-state index contributed by atoms with van der Waals surface area (Å²) in [6.45, 7) is 0. The minimum absolute atomic E-state index is 0.848. The third-order valence-corrected chi connectivity index (χ3v) is 8.17. The summed E-state index contributed by atoms with van der Waals surface area (Å²) < 4.78 is 0. The van der Waals surface area contributed by atoms with Crippen molar-refractivity contribution in [3.63, 3.8) is 0 Å². The van der Waals surface area contributed by atoms with Crippen LogP contribution in [0.15, 0.2) is 84.9 Å². The Kier molecular flexibility index (Phi) is 6.48. The highest BCUT2D eigenvalue weighted by atomic mass is 16.3. The van der Waals surface area contributed by atoms with Crippen molar-refractivity contribution in [3.05, 3.63) is 141 Å². The van der Waals surface area contributed by atoms with Crippen LogP contribution in [0.5, 0.6) is 0 Å². The highest BCUT2D eigenvalue weighted by molar-refractivity contribution is 5.41. The molecule has 0 amide bonds. The van der Waals surface area contributed by atoms with Gasteiger partial charge in [-0.2, -0.15) is 0 Å². The van der Waals surface area contributed by atoms with E-state index in [2.05, 4.69) is 84.9 Å². The SMILES string of the molecule is O[C@@H](c1cc2ccc1CCc1ccc(cc1)CC2)[C@@H](O)c1cc2ccc1CCc1ccc(cc1)CC2. The number of aliphatic hydroxyl groups excluding tert-OH is 2. The molecule has 0 radical (unpaired) electrons. The average molecular weight is 475 g/mol. The van der Waals surface area contributed by atoms with Crippen LogP contribution in [0.4, 0.5) is 0 Å². The molecule has 0 unspecified atom stereocenters. The van der Waals surface area contributed by atoms with Crippen LogP contribution in [0.25, 0.3) is 0 Å².